The van der Waals surface area contributed by atoms with Crippen LogP contribution in [0.5, 0.6) is 0 Å². The van der Waals surface area contributed by atoms with Crippen molar-refractivity contribution in [2.75, 3.05) is 20.1 Å². The predicted molar refractivity (Wildman–Crippen MR) is 75.6 cm³/mol. The molecule has 1 atom stereocenters. The molecule has 0 saturated heterocycles. The van der Waals surface area contributed by atoms with E-state index in [9.17, 15) is 20.0 Å². The fourth-order valence-corrected chi connectivity index (χ4v) is 1.80. The van der Waals surface area contributed by atoms with E-state index in [0.717, 1.165) is 6.20 Å². The Kier molecular flexibility index (Phi) is 5.79. The molecule has 1 heterocycles. The van der Waals surface area contributed by atoms with Crippen LogP contribution < -0.4 is 10.6 Å². The zero-order valence-electron chi connectivity index (χ0n) is 12.4. The third-order valence-electron chi connectivity index (χ3n) is 3.02. The van der Waals surface area contributed by atoms with E-state index in [-0.39, 0.29) is 24.7 Å². The summed E-state index contributed by atoms with van der Waals surface area (Å²) in [7, 11) is 1.57. The Morgan fingerprint density at radius 1 is 1.62 bits per heavy atom. The molecule has 21 heavy (non-hydrogen) atoms. The first-order valence-corrected chi connectivity index (χ1v) is 6.54. The lowest BCUT2D eigenvalue weighted by molar-refractivity contribution is -0.385. The second kappa shape index (κ2) is 7.14. The molecule has 0 spiro atoms. The van der Waals surface area contributed by atoms with Crippen LogP contribution in [0.15, 0.2) is 12.4 Å². The SMILES string of the molecule is CNC(=O)C(C)(C)CNCC(O)Cn1cc([N+](=O)[O-])cn1. The number of carbonyl (C=O) groups is 1. The Hall–Kier alpha value is -2.00. The molecule has 1 aromatic heterocycles. The summed E-state index contributed by atoms with van der Waals surface area (Å²) in [6, 6.07) is 0. The Balaban J connectivity index is 2.38. The van der Waals surface area contributed by atoms with Crippen LogP contribution in [0.3, 0.4) is 0 Å². The largest absolute Gasteiger partial charge is 0.390 e. The standard InChI is InChI=1S/C12H21N5O4/c1-12(2,11(19)13-3)8-14-5-10(18)7-16-6-9(4-15-16)17(20)21/h4,6,10,14,18H,5,7-8H2,1-3H3,(H,13,19). The van der Waals surface area contributed by atoms with Crippen LogP contribution in [0.4, 0.5) is 5.69 Å². The minimum absolute atomic E-state index is 0.0906. The van der Waals surface area contributed by atoms with Crippen molar-refractivity contribution < 1.29 is 14.8 Å². The zero-order valence-corrected chi connectivity index (χ0v) is 12.4. The normalized spacial score (nSPS) is 13.0. The molecule has 0 aliphatic rings. The van der Waals surface area contributed by atoms with Gasteiger partial charge < -0.3 is 15.7 Å². The number of aromatic nitrogens is 2. The van der Waals surface area contributed by atoms with E-state index >= 15 is 0 Å². The molecule has 0 radical (unpaired) electrons. The summed E-state index contributed by atoms with van der Waals surface area (Å²) < 4.78 is 1.31. The van der Waals surface area contributed by atoms with E-state index in [1.165, 1.54) is 10.9 Å². The fourth-order valence-electron chi connectivity index (χ4n) is 1.80. The van der Waals surface area contributed by atoms with Crippen LogP contribution >= 0.6 is 0 Å². The summed E-state index contributed by atoms with van der Waals surface area (Å²) in [5, 5.41) is 29.7. The van der Waals surface area contributed by atoms with Gasteiger partial charge in [-0.05, 0) is 13.8 Å². The maximum Gasteiger partial charge on any atom is 0.306 e. The molecule has 9 nitrogen and oxygen atoms in total. The minimum atomic E-state index is -0.759. The van der Waals surface area contributed by atoms with Crippen molar-refractivity contribution in [1.82, 2.24) is 20.4 Å². The lowest BCUT2D eigenvalue weighted by Crippen LogP contribution is -2.44. The van der Waals surface area contributed by atoms with E-state index in [1.807, 2.05) is 0 Å². The van der Waals surface area contributed by atoms with E-state index in [4.69, 9.17) is 0 Å². The van der Waals surface area contributed by atoms with Gasteiger partial charge in [0.05, 0.1) is 23.0 Å². The number of amides is 1. The lowest BCUT2D eigenvalue weighted by atomic mass is 9.92. The van der Waals surface area contributed by atoms with Crippen LogP contribution in [0.1, 0.15) is 13.8 Å². The number of rotatable bonds is 8. The Morgan fingerprint density at radius 3 is 2.81 bits per heavy atom. The highest BCUT2D eigenvalue weighted by Gasteiger charge is 2.26. The van der Waals surface area contributed by atoms with E-state index in [0.29, 0.717) is 6.54 Å². The van der Waals surface area contributed by atoms with Crippen LogP contribution in [0.2, 0.25) is 0 Å². The smallest absolute Gasteiger partial charge is 0.306 e. The summed E-state index contributed by atoms with van der Waals surface area (Å²) in [4.78, 5) is 21.5. The van der Waals surface area contributed by atoms with Crippen LogP contribution in [0.25, 0.3) is 0 Å². The van der Waals surface area contributed by atoms with Crippen LogP contribution in [-0.2, 0) is 11.3 Å². The van der Waals surface area contributed by atoms with Crippen molar-refractivity contribution in [2.45, 2.75) is 26.5 Å². The fraction of sp³-hybridized carbons (Fsp3) is 0.667. The van der Waals surface area contributed by atoms with E-state index in [2.05, 4.69) is 15.7 Å². The van der Waals surface area contributed by atoms with Gasteiger partial charge in [-0.2, -0.15) is 5.10 Å². The maximum atomic E-state index is 11.6. The number of nitrogens with zero attached hydrogens (tertiary/aromatic N) is 3. The van der Waals surface area contributed by atoms with Gasteiger partial charge in [-0.3, -0.25) is 19.6 Å². The quantitative estimate of drug-likeness (QED) is 0.440. The second-order valence-corrected chi connectivity index (χ2v) is 5.43. The molecule has 9 heteroatoms. The monoisotopic (exact) mass is 299 g/mol. The highest BCUT2D eigenvalue weighted by molar-refractivity contribution is 5.81. The molecule has 0 aromatic carbocycles. The first kappa shape index (κ1) is 17.1. The lowest BCUT2D eigenvalue weighted by Gasteiger charge is -2.23. The molecule has 1 amide bonds. The summed E-state index contributed by atoms with van der Waals surface area (Å²) in [6.07, 6.45) is 1.64. The second-order valence-electron chi connectivity index (χ2n) is 5.43. The topological polar surface area (TPSA) is 122 Å². The van der Waals surface area contributed by atoms with Crippen molar-refractivity contribution in [3.63, 3.8) is 0 Å². The predicted octanol–water partition coefficient (Wildman–Crippen LogP) is -0.486. The molecule has 0 aliphatic carbocycles. The zero-order chi connectivity index (χ0) is 16.0. The van der Waals surface area contributed by atoms with Gasteiger partial charge in [0.2, 0.25) is 5.91 Å². The molecule has 0 fully saturated rings. The third kappa shape index (κ3) is 5.12. The molecular formula is C12H21N5O4. The average Bonchev–Trinajstić information content (AvgIpc) is 2.86. The molecule has 1 aromatic rings. The number of nitrogens with one attached hydrogen (secondary N) is 2. The highest BCUT2D eigenvalue weighted by atomic mass is 16.6. The molecule has 0 aliphatic heterocycles. The number of hydrogen-bond acceptors (Lipinski definition) is 6. The van der Waals surface area contributed by atoms with Gasteiger partial charge in [-0.25, -0.2) is 0 Å². The Labute approximate surface area is 122 Å². The maximum absolute atomic E-state index is 11.6. The van der Waals surface area contributed by atoms with Gasteiger partial charge >= 0.3 is 5.69 Å². The van der Waals surface area contributed by atoms with Crippen LogP contribution in [0, 0.1) is 15.5 Å². The van der Waals surface area contributed by atoms with Crippen molar-refractivity contribution in [3.05, 3.63) is 22.5 Å². The summed E-state index contributed by atoms with van der Waals surface area (Å²) >= 11 is 0. The number of aliphatic hydroxyl groups is 1. The van der Waals surface area contributed by atoms with Gasteiger partial charge in [0.25, 0.3) is 0 Å². The molecule has 0 saturated carbocycles. The molecule has 118 valence electrons. The summed E-state index contributed by atoms with van der Waals surface area (Å²) in [6.45, 7) is 4.39. The Bertz CT molecular complexity index is 500. The third-order valence-corrected chi connectivity index (χ3v) is 3.02. The molecule has 0 bridgehead atoms. The van der Waals surface area contributed by atoms with Crippen molar-refractivity contribution in [2.24, 2.45) is 5.41 Å². The van der Waals surface area contributed by atoms with Crippen molar-refractivity contribution >= 4 is 11.6 Å². The number of aliphatic hydroxyl groups excluding tert-OH is 1. The van der Waals surface area contributed by atoms with E-state index < -0.39 is 16.4 Å². The highest BCUT2D eigenvalue weighted by Crippen LogP contribution is 2.13. The van der Waals surface area contributed by atoms with Gasteiger partial charge in [-0.15, -0.1) is 0 Å². The van der Waals surface area contributed by atoms with Gasteiger partial charge in [0.1, 0.15) is 12.4 Å². The molecular weight excluding hydrogens is 278 g/mol. The minimum Gasteiger partial charge on any atom is -0.390 e. The first-order valence-electron chi connectivity index (χ1n) is 6.54. The molecule has 1 unspecified atom stereocenters. The summed E-state index contributed by atoms with van der Waals surface area (Å²) in [5.41, 5.74) is -0.699. The number of carbonyl (C=O) groups excluding carboxylic acids is 1. The van der Waals surface area contributed by atoms with Gasteiger partial charge in [-0.1, -0.05) is 0 Å². The average molecular weight is 299 g/mol. The summed E-state index contributed by atoms with van der Waals surface area (Å²) in [5.74, 6) is -0.0906. The van der Waals surface area contributed by atoms with Gasteiger partial charge in [0.15, 0.2) is 0 Å². The number of nitro groups is 1. The number of hydrogen-bond donors (Lipinski definition) is 3. The van der Waals surface area contributed by atoms with Gasteiger partial charge in [0, 0.05) is 20.1 Å². The van der Waals surface area contributed by atoms with Crippen molar-refractivity contribution in [3.8, 4) is 0 Å². The first-order chi connectivity index (χ1) is 9.76. The van der Waals surface area contributed by atoms with Crippen molar-refractivity contribution in [1.29, 1.82) is 0 Å². The van der Waals surface area contributed by atoms with Crippen LogP contribution in [-0.4, -0.2) is 52.0 Å². The Morgan fingerprint density at radius 2 is 2.29 bits per heavy atom. The molecule has 1 rings (SSSR count). The molecule has 3 N–H and O–H groups in total. The van der Waals surface area contributed by atoms with E-state index in [1.54, 1.807) is 20.9 Å².